The molecule has 0 saturated carbocycles. The van der Waals surface area contributed by atoms with E-state index >= 15 is 0 Å². The van der Waals surface area contributed by atoms with Crippen molar-refractivity contribution >= 4 is 35.4 Å². The summed E-state index contributed by atoms with van der Waals surface area (Å²) in [6, 6.07) is 0. The monoisotopic (exact) mass is 336 g/mol. The van der Waals surface area contributed by atoms with Crippen molar-refractivity contribution in [3.8, 4) is 0 Å². The molecule has 0 rings (SSSR count). The molecule has 0 heterocycles. The Hall–Kier alpha value is -1.67. The summed E-state index contributed by atoms with van der Waals surface area (Å²) in [6.07, 6.45) is -0.668. The number of Topliss-reactive ketones (excluding diaryl/α,β-unsaturated/α-hetero) is 2. The summed E-state index contributed by atoms with van der Waals surface area (Å²) in [7, 11) is 0. The van der Waals surface area contributed by atoms with Crippen molar-refractivity contribution in [1.82, 2.24) is 0 Å². The molecular formula is C12H16O8Ti. The standard InChI is InChI=1S/2C6H8O4.Ti/c2*1-4(7)3-6(9)10-5(2)8;/h2*3H2,1-2H3;. The van der Waals surface area contributed by atoms with E-state index in [0.29, 0.717) is 0 Å². The van der Waals surface area contributed by atoms with Crippen LogP contribution in [0.1, 0.15) is 40.5 Å². The number of carbonyl (C=O) groups is 6. The largest absolute Gasteiger partial charge is 0.393 e. The van der Waals surface area contributed by atoms with Crippen LogP contribution in [0.25, 0.3) is 0 Å². The Morgan fingerprint density at radius 1 is 0.619 bits per heavy atom. The van der Waals surface area contributed by atoms with Crippen LogP contribution < -0.4 is 0 Å². The zero-order valence-corrected chi connectivity index (χ0v) is 13.7. The van der Waals surface area contributed by atoms with Gasteiger partial charge in [0.15, 0.2) is 0 Å². The molecule has 116 valence electrons. The van der Waals surface area contributed by atoms with Gasteiger partial charge in [-0.2, -0.15) is 0 Å². The van der Waals surface area contributed by atoms with Crippen LogP contribution in [0.2, 0.25) is 0 Å². The Balaban J connectivity index is -0.000000295. The number of esters is 4. The van der Waals surface area contributed by atoms with Gasteiger partial charge in [0.2, 0.25) is 0 Å². The molecule has 0 atom stereocenters. The van der Waals surface area contributed by atoms with E-state index in [9.17, 15) is 28.8 Å². The van der Waals surface area contributed by atoms with Gasteiger partial charge in [-0.15, -0.1) is 0 Å². The Morgan fingerprint density at radius 3 is 1.00 bits per heavy atom. The summed E-state index contributed by atoms with van der Waals surface area (Å²) in [5, 5.41) is 0. The van der Waals surface area contributed by atoms with E-state index in [1.54, 1.807) is 0 Å². The van der Waals surface area contributed by atoms with E-state index < -0.39 is 23.9 Å². The maximum absolute atomic E-state index is 10.4. The number of rotatable bonds is 4. The van der Waals surface area contributed by atoms with E-state index in [-0.39, 0.29) is 46.1 Å². The Labute approximate surface area is 136 Å². The van der Waals surface area contributed by atoms with E-state index in [0.717, 1.165) is 13.8 Å². The predicted molar refractivity (Wildman–Crippen MR) is 64.1 cm³/mol. The summed E-state index contributed by atoms with van der Waals surface area (Å²) in [5.41, 5.74) is 0. The first-order chi connectivity index (χ1) is 9.04. The molecule has 0 bridgehead atoms. The van der Waals surface area contributed by atoms with Gasteiger partial charge in [-0.3, -0.25) is 28.8 Å². The van der Waals surface area contributed by atoms with E-state index in [1.807, 2.05) is 0 Å². The van der Waals surface area contributed by atoms with Gasteiger partial charge in [0.05, 0.1) is 0 Å². The topological polar surface area (TPSA) is 121 Å². The van der Waals surface area contributed by atoms with Crippen LogP contribution in [0, 0.1) is 0 Å². The van der Waals surface area contributed by atoms with Crippen molar-refractivity contribution in [1.29, 1.82) is 0 Å². The fourth-order valence-electron chi connectivity index (χ4n) is 0.799. The average Bonchev–Trinajstić information content (AvgIpc) is 2.11. The minimum absolute atomic E-state index is 0. The molecule has 21 heavy (non-hydrogen) atoms. The van der Waals surface area contributed by atoms with Crippen molar-refractivity contribution < 1.29 is 60.0 Å². The molecule has 0 amide bonds. The van der Waals surface area contributed by atoms with Crippen molar-refractivity contribution in [2.45, 2.75) is 40.5 Å². The van der Waals surface area contributed by atoms with E-state index in [1.165, 1.54) is 13.8 Å². The summed E-state index contributed by atoms with van der Waals surface area (Å²) in [5.74, 6) is -3.59. The summed E-state index contributed by atoms with van der Waals surface area (Å²) < 4.78 is 8.12. The average molecular weight is 336 g/mol. The maximum atomic E-state index is 10.4. The molecule has 0 N–H and O–H groups in total. The molecular weight excluding hydrogens is 320 g/mol. The fraction of sp³-hybridized carbons (Fsp3) is 0.500. The molecule has 0 aliphatic heterocycles. The summed E-state index contributed by atoms with van der Waals surface area (Å²) >= 11 is 0. The second-order valence-electron chi connectivity index (χ2n) is 3.69. The van der Waals surface area contributed by atoms with Gasteiger partial charge in [-0.1, -0.05) is 0 Å². The molecule has 0 unspecified atom stereocenters. The van der Waals surface area contributed by atoms with Gasteiger partial charge in [-0.25, -0.2) is 0 Å². The molecule has 0 radical (unpaired) electrons. The number of hydrogen-bond acceptors (Lipinski definition) is 8. The van der Waals surface area contributed by atoms with Crippen molar-refractivity contribution in [2.75, 3.05) is 0 Å². The minimum atomic E-state index is -0.792. The molecule has 0 spiro atoms. The predicted octanol–water partition coefficient (Wildman–Crippen LogP) is 0.108. The first-order valence-corrected chi connectivity index (χ1v) is 5.46. The third kappa shape index (κ3) is 23.8. The quantitative estimate of drug-likeness (QED) is 0.403. The molecule has 0 aromatic carbocycles. The molecule has 0 aliphatic rings. The van der Waals surface area contributed by atoms with Crippen LogP contribution in [0.3, 0.4) is 0 Å². The van der Waals surface area contributed by atoms with Gasteiger partial charge in [0, 0.05) is 35.6 Å². The smallest absolute Gasteiger partial charge is 0.320 e. The van der Waals surface area contributed by atoms with Crippen LogP contribution in [0.15, 0.2) is 0 Å². The van der Waals surface area contributed by atoms with E-state index in [2.05, 4.69) is 9.47 Å². The van der Waals surface area contributed by atoms with Crippen LogP contribution in [0.4, 0.5) is 0 Å². The molecule has 0 aliphatic carbocycles. The molecule has 8 nitrogen and oxygen atoms in total. The maximum Gasteiger partial charge on any atom is 0.320 e. The number of ether oxygens (including phenoxy) is 2. The normalized spacial score (nSPS) is 8.19. The minimum Gasteiger partial charge on any atom is -0.393 e. The fourth-order valence-corrected chi connectivity index (χ4v) is 0.799. The zero-order chi connectivity index (χ0) is 16.3. The van der Waals surface area contributed by atoms with Gasteiger partial charge in [-0.05, 0) is 13.8 Å². The van der Waals surface area contributed by atoms with Crippen LogP contribution in [-0.2, 0) is 60.0 Å². The van der Waals surface area contributed by atoms with Crippen LogP contribution in [-0.4, -0.2) is 35.4 Å². The molecule has 0 saturated heterocycles. The SMILES string of the molecule is CC(=O)CC(=O)OC(C)=O.CC(=O)CC(=O)OC(C)=O.[Ti]. The van der Waals surface area contributed by atoms with Crippen molar-refractivity contribution in [2.24, 2.45) is 0 Å². The van der Waals surface area contributed by atoms with E-state index in [4.69, 9.17) is 0 Å². The third-order valence-electron chi connectivity index (χ3n) is 1.30. The van der Waals surface area contributed by atoms with Crippen LogP contribution in [0.5, 0.6) is 0 Å². The number of carbonyl (C=O) groups excluding carboxylic acids is 6. The van der Waals surface area contributed by atoms with Gasteiger partial charge < -0.3 is 9.47 Å². The summed E-state index contributed by atoms with van der Waals surface area (Å²) in [4.78, 5) is 61.4. The Kier molecular flexibility index (Phi) is 15.5. The van der Waals surface area contributed by atoms with Gasteiger partial charge in [0.25, 0.3) is 0 Å². The number of hydrogen-bond donors (Lipinski definition) is 0. The third-order valence-corrected chi connectivity index (χ3v) is 1.30. The van der Waals surface area contributed by atoms with Crippen molar-refractivity contribution in [3.63, 3.8) is 0 Å². The zero-order valence-electron chi connectivity index (χ0n) is 12.2. The van der Waals surface area contributed by atoms with Crippen LogP contribution >= 0.6 is 0 Å². The second-order valence-corrected chi connectivity index (χ2v) is 3.69. The molecule has 9 heteroatoms. The number of ketones is 2. The Bertz CT molecular complexity index is 351. The summed E-state index contributed by atoms with van der Waals surface area (Å²) in [6.45, 7) is 4.72. The van der Waals surface area contributed by atoms with Gasteiger partial charge >= 0.3 is 23.9 Å². The second kappa shape index (κ2) is 13.3. The molecule has 0 fully saturated rings. The molecule has 0 aromatic rings. The Morgan fingerprint density at radius 2 is 0.857 bits per heavy atom. The first-order valence-electron chi connectivity index (χ1n) is 5.46. The molecule has 0 aromatic heterocycles. The van der Waals surface area contributed by atoms with Gasteiger partial charge in [0.1, 0.15) is 24.4 Å². The van der Waals surface area contributed by atoms with Crippen molar-refractivity contribution in [3.05, 3.63) is 0 Å². The first kappa shape index (κ1) is 24.4.